The Kier molecular flexibility index (Phi) is 6.62. The number of hydrogen-bond donors (Lipinski definition) is 1. The van der Waals surface area contributed by atoms with Gasteiger partial charge in [0.1, 0.15) is 0 Å². The minimum Gasteiger partial charge on any atom is -0.376 e. The van der Waals surface area contributed by atoms with Gasteiger partial charge in [0.2, 0.25) is 0 Å². The molecule has 3 heterocycles. The van der Waals surface area contributed by atoms with E-state index >= 15 is 0 Å². The van der Waals surface area contributed by atoms with Crippen molar-refractivity contribution < 1.29 is 9.53 Å². The lowest BCUT2D eigenvalue weighted by molar-refractivity contribution is 0.0838. The smallest absolute Gasteiger partial charge is 0.321 e. The number of benzene rings is 2. The second-order valence-corrected chi connectivity index (χ2v) is 9.41. The van der Waals surface area contributed by atoms with E-state index < -0.39 is 0 Å². The molecule has 0 radical (unpaired) electrons. The van der Waals surface area contributed by atoms with E-state index in [4.69, 9.17) is 21.3 Å². The number of rotatable bonds is 7. The van der Waals surface area contributed by atoms with Gasteiger partial charge in [0.05, 0.1) is 11.8 Å². The van der Waals surface area contributed by atoms with E-state index in [9.17, 15) is 4.79 Å². The van der Waals surface area contributed by atoms with Crippen LogP contribution in [0.4, 0.5) is 10.5 Å². The van der Waals surface area contributed by atoms with E-state index in [-0.39, 0.29) is 12.1 Å². The molecule has 0 bridgehead atoms. The zero-order chi connectivity index (χ0) is 22.6. The number of fused-ring (bicyclic) bond motifs is 1. The minimum absolute atomic E-state index is 0.0961. The van der Waals surface area contributed by atoms with E-state index in [0.717, 1.165) is 53.5 Å². The van der Waals surface area contributed by atoms with Gasteiger partial charge >= 0.3 is 6.03 Å². The number of carbonyl (C=O) groups is 1. The molecule has 0 aliphatic carbocycles. The molecule has 8 heteroatoms. The fourth-order valence-corrected chi connectivity index (χ4v) is 5.09. The van der Waals surface area contributed by atoms with Crippen LogP contribution in [0.2, 0.25) is 5.02 Å². The highest BCUT2D eigenvalue weighted by atomic mass is 35.5. The largest absolute Gasteiger partial charge is 0.376 e. The van der Waals surface area contributed by atoms with Gasteiger partial charge in [0, 0.05) is 59.7 Å². The van der Waals surface area contributed by atoms with Crippen molar-refractivity contribution in [3.8, 4) is 11.3 Å². The standard InChI is InChI=1S/C25H25ClN4O2S/c26-19-10-8-18(9-11-19)23-16-30-21(17-33-25(30)28-23)12-13-29(15-22-7-4-14-32-22)24(31)27-20-5-2-1-3-6-20/h1-3,5-6,8-11,16-17,22H,4,7,12-15H2,(H,27,31). The molecule has 6 nitrogen and oxygen atoms in total. The highest BCUT2D eigenvalue weighted by molar-refractivity contribution is 7.15. The molecule has 170 valence electrons. The molecule has 2 amide bonds. The third kappa shape index (κ3) is 5.21. The van der Waals surface area contributed by atoms with Crippen LogP contribution in [-0.4, -0.2) is 46.1 Å². The predicted octanol–water partition coefficient (Wildman–Crippen LogP) is 5.97. The van der Waals surface area contributed by atoms with Gasteiger partial charge in [0.15, 0.2) is 4.96 Å². The number of halogens is 1. The summed E-state index contributed by atoms with van der Waals surface area (Å²) in [5, 5.41) is 5.84. The van der Waals surface area contributed by atoms with Crippen LogP contribution in [0.15, 0.2) is 66.2 Å². The molecule has 2 aromatic carbocycles. The van der Waals surface area contributed by atoms with E-state index in [1.807, 2.05) is 59.5 Å². The number of anilines is 1. The number of carbonyl (C=O) groups excluding carboxylic acids is 1. The number of nitrogens with one attached hydrogen (secondary N) is 1. The van der Waals surface area contributed by atoms with Gasteiger partial charge in [-0.3, -0.25) is 4.40 Å². The molecule has 0 saturated carbocycles. The normalized spacial score (nSPS) is 15.7. The van der Waals surface area contributed by atoms with Crippen molar-refractivity contribution in [2.24, 2.45) is 0 Å². The topological polar surface area (TPSA) is 58.9 Å². The Hall–Kier alpha value is -2.87. The first-order chi connectivity index (χ1) is 16.2. The Morgan fingerprint density at radius 2 is 2.03 bits per heavy atom. The summed E-state index contributed by atoms with van der Waals surface area (Å²) in [6.45, 7) is 1.96. The second kappa shape index (κ2) is 9.95. The molecule has 1 aliphatic heterocycles. The van der Waals surface area contributed by atoms with Gasteiger partial charge in [-0.1, -0.05) is 41.9 Å². The Bertz CT molecular complexity index is 1220. The molecule has 1 unspecified atom stereocenters. The second-order valence-electron chi connectivity index (χ2n) is 8.14. The zero-order valence-electron chi connectivity index (χ0n) is 18.1. The van der Waals surface area contributed by atoms with Crippen LogP contribution in [0.3, 0.4) is 0 Å². The Balaban J connectivity index is 1.31. The van der Waals surface area contributed by atoms with E-state index in [1.165, 1.54) is 0 Å². The molecule has 33 heavy (non-hydrogen) atoms. The molecule has 4 aromatic rings. The molecule has 2 aromatic heterocycles. The van der Waals surface area contributed by atoms with Gasteiger partial charge < -0.3 is 15.0 Å². The lowest BCUT2D eigenvalue weighted by atomic mass is 10.2. The number of amides is 2. The average molecular weight is 481 g/mol. The molecular formula is C25H25ClN4O2S. The summed E-state index contributed by atoms with van der Waals surface area (Å²) in [7, 11) is 0. The molecule has 1 saturated heterocycles. The first-order valence-electron chi connectivity index (χ1n) is 11.1. The third-order valence-electron chi connectivity index (χ3n) is 5.82. The minimum atomic E-state index is -0.101. The van der Waals surface area contributed by atoms with Crippen molar-refractivity contribution >= 4 is 39.6 Å². The fraction of sp³-hybridized carbons (Fsp3) is 0.280. The first kappa shape index (κ1) is 21.9. The van der Waals surface area contributed by atoms with Crippen molar-refractivity contribution in [1.29, 1.82) is 0 Å². The number of urea groups is 1. The van der Waals surface area contributed by atoms with Crippen LogP contribution in [0.25, 0.3) is 16.2 Å². The van der Waals surface area contributed by atoms with Crippen LogP contribution < -0.4 is 5.32 Å². The summed E-state index contributed by atoms with van der Waals surface area (Å²) in [6, 6.07) is 17.2. The quantitative estimate of drug-likeness (QED) is 0.354. The third-order valence-corrected chi connectivity index (χ3v) is 6.96. The SMILES string of the molecule is O=C(Nc1ccccc1)N(CCc1csc2nc(-c3ccc(Cl)cc3)cn12)CC1CCCO1. The highest BCUT2D eigenvalue weighted by Crippen LogP contribution is 2.25. The van der Waals surface area contributed by atoms with Gasteiger partial charge in [0.25, 0.3) is 0 Å². The Labute approximate surface area is 201 Å². The maximum Gasteiger partial charge on any atom is 0.321 e. The summed E-state index contributed by atoms with van der Waals surface area (Å²) in [5.74, 6) is 0. The summed E-state index contributed by atoms with van der Waals surface area (Å²) in [4.78, 5) is 20.6. The number of hydrogen-bond acceptors (Lipinski definition) is 4. The van der Waals surface area contributed by atoms with Crippen molar-refractivity contribution in [2.75, 3.05) is 25.0 Å². The number of imidazole rings is 1. The number of ether oxygens (including phenoxy) is 1. The van der Waals surface area contributed by atoms with Gasteiger partial charge in [-0.25, -0.2) is 9.78 Å². The first-order valence-corrected chi connectivity index (χ1v) is 12.4. The van der Waals surface area contributed by atoms with Crippen molar-refractivity contribution in [1.82, 2.24) is 14.3 Å². The van der Waals surface area contributed by atoms with Crippen LogP contribution in [-0.2, 0) is 11.2 Å². The van der Waals surface area contributed by atoms with Crippen LogP contribution in [0.1, 0.15) is 18.5 Å². The predicted molar refractivity (Wildman–Crippen MR) is 133 cm³/mol. The fourth-order valence-electron chi connectivity index (χ4n) is 4.05. The van der Waals surface area contributed by atoms with Crippen LogP contribution >= 0.6 is 22.9 Å². The molecular weight excluding hydrogens is 456 g/mol. The molecule has 1 atom stereocenters. The number of thiazole rings is 1. The lowest BCUT2D eigenvalue weighted by Gasteiger charge is -2.25. The van der Waals surface area contributed by atoms with E-state index in [0.29, 0.717) is 18.1 Å². The molecule has 0 spiro atoms. The summed E-state index contributed by atoms with van der Waals surface area (Å²) < 4.78 is 7.93. The summed E-state index contributed by atoms with van der Waals surface area (Å²) in [5.41, 5.74) is 3.87. The monoisotopic (exact) mass is 480 g/mol. The van der Waals surface area contributed by atoms with Gasteiger partial charge in [-0.05, 0) is 37.1 Å². The molecule has 1 fully saturated rings. The summed E-state index contributed by atoms with van der Waals surface area (Å²) >= 11 is 7.63. The number of nitrogens with zero attached hydrogens (tertiary/aromatic N) is 3. The number of para-hydroxylation sites is 1. The number of aromatic nitrogens is 2. The average Bonchev–Trinajstić information content (AvgIpc) is 3.56. The summed E-state index contributed by atoms with van der Waals surface area (Å²) in [6.07, 6.45) is 4.92. The van der Waals surface area contributed by atoms with E-state index in [2.05, 4.69) is 21.3 Å². The van der Waals surface area contributed by atoms with E-state index in [1.54, 1.807) is 11.3 Å². The van der Waals surface area contributed by atoms with Crippen molar-refractivity contribution in [3.05, 3.63) is 76.9 Å². The maximum absolute atomic E-state index is 13.1. The van der Waals surface area contributed by atoms with Crippen molar-refractivity contribution in [2.45, 2.75) is 25.4 Å². The zero-order valence-corrected chi connectivity index (χ0v) is 19.7. The van der Waals surface area contributed by atoms with Gasteiger partial charge in [-0.15, -0.1) is 11.3 Å². The Morgan fingerprint density at radius 1 is 1.21 bits per heavy atom. The maximum atomic E-state index is 13.1. The lowest BCUT2D eigenvalue weighted by Crippen LogP contribution is -2.41. The Morgan fingerprint density at radius 3 is 2.79 bits per heavy atom. The van der Waals surface area contributed by atoms with Crippen molar-refractivity contribution in [3.63, 3.8) is 0 Å². The highest BCUT2D eigenvalue weighted by Gasteiger charge is 2.23. The molecule has 1 N–H and O–H groups in total. The molecule has 1 aliphatic rings. The van der Waals surface area contributed by atoms with Gasteiger partial charge in [-0.2, -0.15) is 0 Å². The molecule has 5 rings (SSSR count). The van der Waals surface area contributed by atoms with Crippen LogP contribution in [0, 0.1) is 0 Å². The van der Waals surface area contributed by atoms with Crippen LogP contribution in [0.5, 0.6) is 0 Å².